The molecule has 1 atom stereocenters. The number of nitrogens with one attached hydrogen (secondary N) is 2. The van der Waals surface area contributed by atoms with E-state index in [-0.39, 0.29) is 16.7 Å². The van der Waals surface area contributed by atoms with Crippen molar-refractivity contribution in [2.45, 2.75) is 37.8 Å². The van der Waals surface area contributed by atoms with Crippen molar-refractivity contribution >= 4 is 23.4 Å². The van der Waals surface area contributed by atoms with E-state index in [1.807, 2.05) is 11.8 Å². The van der Waals surface area contributed by atoms with E-state index in [1.165, 1.54) is 6.20 Å². The molecule has 0 aromatic carbocycles. The molecule has 9 heteroatoms. The number of amides is 1. The van der Waals surface area contributed by atoms with Crippen molar-refractivity contribution in [2.75, 3.05) is 31.2 Å². The third-order valence-electron chi connectivity index (χ3n) is 4.54. The third kappa shape index (κ3) is 3.81. The number of hydrogen-bond donors (Lipinski definition) is 2. The molecule has 1 aromatic heterocycles. The second kappa shape index (κ2) is 6.98. The number of carbonyl (C=O) groups excluding carboxylic acids is 1. The fourth-order valence-corrected chi connectivity index (χ4v) is 3.22. The molecule has 3 rings (SSSR count). The van der Waals surface area contributed by atoms with Crippen LogP contribution in [-0.2, 0) is 9.47 Å². The molecule has 2 aliphatic heterocycles. The molecule has 0 saturated carbocycles. The van der Waals surface area contributed by atoms with Gasteiger partial charge in [-0.25, -0.2) is 9.89 Å². The summed E-state index contributed by atoms with van der Waals surface area (Å²) in [6.07, 6.45) is 3.07. The Bertz CT molecular complexity index is 659. The number of halogens is 1. The number of alkyl carbamates (subject to hydrolysis) is 1. The molecule has 132 valence electrons. The number of anilines is 1. The Morgan fingerprint density at radius 2 is 2.29 bits per heavy atom. The van der Waals surface area contributed by atoms with Crippen LogP contribution in [0.4, 0.5) is 10.5 Å². The predicted octanol–water partition coefficient (Wildman–Crippen LogP) is 1.30. The Labute approximate surface area is 144 Å². The molecule has 3 heterocycles. The van der Waals surface area contributed by atoms with Crippen molar-refractivity contribution in [2.24, 2.45) is 0 Å². The molecular weight excluding hydrogens is 336 g/mol. The minimum Gasteiger partial charge on any atom is -0.444 e. The van der Waals surface area contributed by atoms with Gasteiger partial charge in [0.15, 0.2) is 0 Å². The number of hydrogen-bond acceptors (Lipinski definition) is 6. The first kappa shape index (κ1) is 17.0. The highest BCUT2D eigenvalue weighted by molar-refractivity contribution is 6.33. The molecule has 0 unspecified atom stereocenters. The van der Waals surface area contributed by atoms with Gasteiger partial charge in [-0.05, 0) is 19.8 Å². The lowest BCUT2D eigenvalue weighted by molar-refractivity contribution is 0.0375. The average Bonchev–Trinajstić information content (AvgIpc) is 2.98. The number of nitrogens with zero attached hydrogens (tertiary/aromatic N) is 2. The van der Waals surface area contributed by atoms with Gasteiger partial charge in [0.05, 0.1) is 18.4 Å². The summed E-state index contributed by atoms with van der Waals surface area (Å²) in [4.78, 5) is 25.6. The highest BCUT2D eigenvalue weighted by Crippen LogP contribution is 2.26. The van der Waals surface area contributed by atoms with E-state index in [0.717, 1.165) is 12.8 Å². The number of aromatic nitrogens is 2. The summed E-state index contributed by atoms with van der Waals surface area (Å²) in [7, 11) is 0. The molecule has 2 N–H and O–H groups in total. The normalized spacial score (nSPS) is 23.1. The van der Waals surface area contributed by atoms with Crippen molar-refractivity contribution in [1.29, 1.82) is 0 Å². The van der Waals surface area contributed by atoms with E-state index in [1.54, 1.807) is 0 Å². The van der Waals surface area contributed by atoms with Crippen molar-refractivity contribution < 1.29 is 14.3 Å². The second-order valence-electron chi connectivity index (χ2n) is 6.46. The van der Waals surface area contributed by atoms with E-state index >= 15 is 0 Å². The lowest BCUT2D eigenvalue weighted by Crippen LogP contribution is -2.50. The van der Waals surface area contributed by atoms with E-state index < -0.39 is 11.7 Å². The van der Waals surface area contributed by atoms with Gasteiger partial charge in [-0.15, -0.1) is 0 Å². The summed E-state index contributed by atoms with van der Waals surface area (Å²) >= 11 is 6.02. The predicted molar refractivity (Wildman–Crippen MR) is 88.6 cm³/mol. The summed E-state index contributed by atoms with van der Waals surface area (Å²) < 4.78 is 10.8. The molecule has 24 heavy (non-hydrogen) atoms. The number of aromatic amines is 1. The van der Waals surface area contributed by atoms with Crippen LogP contribution in [0, 0.1) is 0 Å². The minimum atomic E-state index is -0.427. The summed E-state index contributed by atoms with van der Waals surface area (Å²) in [5, 5.41) is 9.10. The quantitative estimate of drug-likeness (QED) is 0.847. The Balaban J connectivity index is 1.55. The van der Waals surface area contributed by atoms with Crippen LogP contribution >= 0.6 is 11.6 Å². The summed E-state index contributed by atoms with van der Waals surface area (Å²) in [6, 6.07) is 0. The van der Waals surface area contributed by atoms with Crippen LogP contribution in [0.2, 0.25) is 5.02 Å². The zero-order valence-corrected chi connectivity index (χ0v) is 14.3. The van der Waals surface area contributed by atoms with E-state index in [9.17, 15) is 9.59 Å². The molecule has 0 bridgehead atoms. The van der Waals surface area contributed by atoms with Gasteiger partial charge in [0.2, 0.25) is 0 Å². The van der Waals surface area contributed by atoms with Crippen molar-refractivity contribution in [1.82, 2.24) is 15.5 Å². The fourth-order valence-electron chi connectivity index (χ4n) is 3.01. The lowest BCUT2D eigenvalue weighted by Gasteiger charge is -2.34. The van der Waals surface area contributed by atoms with E-state index in [0.29, 0.717) is 38.4 Å². The van der Waals surface area contributed by atoms with Gasteiger partial charge in [-0.1, -0.05) is 11.6 Å². The molecular formula is C15H21ClN4O4. The van der Waals surface area contributed by atoms with Crippen LogP contribution in [0.25, 0.3) is 0 Å². The van der Waals surface area contributed by atoms with Crippen molar-refractivity contribution in [3.05, 3.63) is 21.6 Å². The zero-order valence-electron chi connectivity index (χ0n) is 13.5. The van der Waals surface area contributed by atoms with Gasteiger partial charge in [-0.2, -0.15) is 5.10 Å². The Morgan fingerprint density at radius 3 is 3.04 bits per heavy atom. The van der Waals surface area contributed by atoms with Gasteiger partial charge < -0.3 is 19.7 Å². The Morgan fingerprint density at radius 1 is 1.54 bits per heavy atom. The topological polar surface area (TPSA) is 96.5 Å². The molecule has 1 aromatic rings. The number of carbonyl (C=O) groups is 1. The average molecular weight is 357 g/mol. The van der Waals surface area contributed by atoms with Gasteiger partial charge in [0, 0.05) is 31.7 Å². The third-order valence-corrected chi connectivity index (χ3v) is 4.90. The monoisotopic (exact) mass is 356 g/mol. The van der Waals surface area contributed by atoms with Gasteiger partial charge in [0.1, 0.15) is 11.1 Å². The molecule has 2 fully saturated rings. The Kier molecular flexibility index (Phi) is 4.96. The van der Waals surface area contributed by atoms with Crippen LogP contribution in [0.5, 0.6) is 0 Å². The maximum atomic E-state index is 12.2. The van der Waals surface area contributed by atoms with Gasteiger partial charge in [-0.3, -0.25) is 4.79 Å². The summed E-state index contributed by atoms with van der Waals surface area (Å²) in [5.41, 5.74) is -0.153. The molecule has 0 radical (unpaired) electrons. The maximum Gasteiger partial charge on any atom is 0.407 e. The van der Waals surface area contributed by atoms with Crippen LogP contribution < -0.4 is 15.8 Å². The zero-order chi connectivity index (χ0) is 17.2. The molecule has 0 spiro atoms. The van der Waals surface area contributed by atoms with E-state index in [2.05, 4.69) is 15.5 Å². The van der Waals surface area contributed by atoms with Crippen molar-refractivity contribution in [3.63, 3.8) is 0 Å². The first-order valence-corrected chi connectivity index (χ1v) is 8.39. The molecule has 2 saturated heterocycles. The van der Waals surface area contributed by atoms with Gasteiger partial charge >= 0.3 is 6.09 Å². The largest absolute Gasteiger partial charge is 0.444 e. The highest BCUT2D eigenvalue weighted by atomic mass is 35.5. The maximum absolute atomic E-state index is 12.2. The second-order valence-corrected chi connectivity index (χ2v) is 6.84. The molecule has 2 aliphatic rings. The summed E-state index contributed by atoms with van der Waals surface area (Å²) in [5.74, 6) is 0. The minimum absolute atomic E-state index is 0.102. The fraction of sp³-hybridized carbons (Fsp3) is 0.667. The lowest BCUT2D eigenvalue weighted by atomic mass is 9.93. The van der Waals surface area contributed by atoms with Crippen LogP contribution in [0.1, 0.15) is 26.2 Å². The highest BCUT2D eigenvalue weighted by Gasteiger charge is 2.32. The molecule has 8 nitrogen and oxygen atoms in total. The van der Waals surface area contributed by atoms with Crippen molar-refractivity contribution in [3.8, 4) is 0 Å². The van der Waals surface area contributed by atoms with Crippen LogP contribution in [0.15, 0.2) is 11.0 Å². The number of rotatable bonds is 3. The number of H-pyrrole nitrogens is 1. The summed E-state index contributed by atoms with van der Waals surface area (Å²) in [6.45, 7) is 4.41. The molecule has 1 amide bonds. The smallest absolute Gasteiger partial charge is 0.407 e. The Hall–Kier alpha value is -1.80. The first-order valence-electron chi connectivity index (χ1n) is 8.01. The van der Waals surface area contributed by atoms with Gasteiger partial charge in [0.25, 0.3) is 5.56 Å². The van der Waals surface area contributed by atoms with Crippen LogP contribution in [0.3, 0.4) is 0 Å². The molecule has 0 aliphatic carbocycles. The van der Waals surface area contributed by atoms with E-state index in [4.69, 9.17) is 21.1 Å². The standard InChI is InChI=1S/C15H21ClN4O4/c1-15(3-6-23-7-4-15)18-14(22)24-10-2-5-20(9-10)11-8-17-19-13(21)12(11)16/h8,10H,2-7,9H2,1H3,(H,18,22)(H,19,21)/t10-/m1/s1. The SMILES string of the molecule is CC1(NC(=O)O[C@@H]2CCN(c3cn[nH]c(=O)c3Cl)C2)CCOCC1. The van der Waals surface area contributed by atoms with Crippen LogP contribution in [-0.4, -0.2) is 54.2 Å². The first-order chi connectivity index (χ1) is 11.5. The number of ether oxygens (including phenoxy) is 2.